The molecule has 1 heterocycles. The summed E-state index contributed by atoms with van der Waals surface area (Å²) >= 11 is 0. The van der Waals surface area contributed by atoms with Crippen LogP contribution < -0.4 is 5.32 Å². The summed E-state index contributed by atoms with van der Waals surface area (Å²) in [7, 11) is 1.64. The highest BCUT2D eigenvalue weighted by molar-refractivity contribution is 5.95. The van der Waals surface area contributed by atoms with E-state index in [0.717, 1.165) is 18.5 Å². The Morgan fingerprint density at radius 2 is 2.18 bits per heavy atom. The van der Waals surface area contributed by atoms with E-state index >= 15 is 0 Å². The minimum Gasteiger partial charge on any atom is -0.383 e. The number of hydrogen-bond donors (Lipinski definition) is 1. The van der Waals surface area contributed by atoms with Crippen LogP contribution >= 0.6 is 0 Å². The van der Waals surface area contributed by atoms with Gasteiger partial charge in [0.05, 0.1) is 6.61 Å². The largest absolute Gasteiger partial charge is 0.383 e. The van der Waals surface area contributed by atoms with Gasteiger partial charge in [0.2, 0.25) is 5.91 Å². The number of nitrogens with zero attached hydrogens (tertiary/aromatic N) is 1. The van der Waals surface area contributed by atoms with Gasteiger partial charge in [-0.3, -0.25) is 9.59 Å². The molecule has 1 aliphatic rings. The Morgan fingerprint density at radius 1 is 1.41 bits per heavy atom. The quantitative estimate of drug-likeness (QED) is 0.830. The van der Waals surface area contributed by atoms with Crippen molar-refractivity contribution >= 4 is 11.8 Å². The van der Waals surface area contributed by atoms with Crippen LogP contribution in [0, 0.1) is 5.92 Å². The summed E-state index contributed by atoms with van der Waals surface area (Å²) in [6.07, 6.45) is 1.30. The number of methoxy groups -OCH3 is 1. The predicted molar refractivity (Wildman–Crippen MR) is 84.7 cm³/mol. The van der Waals surface area contributed by atoms with Gasteiger partial charge in [-0.2, -0.15) is 0 Å². The monoisotopic (exact) mass is 304 g/mol. The normalized spacial score (nSPS) is 17.8. The van der Waals surface area contributed by atoms with E-state index in [1.807, 2.05) is 36.1 Å². The third-order valence-electron chi connectivity index (χ3n) is 3.97. The van der Waals surface area contributed by atoms with E-state index in [-0.39, 0.29) is 17.7 Å². The van der Waals surface area contributed by atoms with Gasteiger partial charge in [0.15, 0.2) is 0 Å². The first-order valence-corrected chi connectivity index (χ1v) is 7.78. The number of rotatable bonds is 7. The van der Waals surface area contributed by atoms with Crippen molar-refractivity contribution in [3.63, 3.8) is 0 Å². The average molecular weight is 304 g/mol. The lowest BCUT2D eigenvalue weighted by atomic mass is 9.94. The first kappa shape index (κ1) is 16.5. The number of carbonyl (C=O) groups excluding carboxylic acids is 2. The fourth-order valence-corrected chi connectivity index (χ4v) is 2.89. The van der Waals surface area contributed by atoms with E-state index < -0.39 is 0 Å². The topological polar surface area (TPSA) is 58.6 Å². The summed E-state index contributed by atoms with van der Waals surface area (Å²) in [6.45, 7) is 4.47. The molecular formula is C17H24N2O3. The molecule has 0 aliphatic carbocycles. The van der Waals surface area contributed by atoms with E-state index in [2.05, 4.69) is 5.32 Å². The second kappa shape index (κ2) is 7.94. The van der Waals surface area contributed by atoms with Crippen molar-refractivity contribution in [2.75, 3.05) is 33.4 Å². The number of ether oxygens (including phenoxy) is 1. The van der Waals surface area contributed by atoms with Crippen LogP contribution in [0.3, 0.4) is 0 Å². The Morgan fingerprint density at radius 3 is 2.91 bits per heavy atom. The highest BCUT2D eigenvalue weighted by atomic mass is 16.5. The number of nitrogens with one attached hydrogen (secondary N) is 1. The van der Waals surface area contributed by atoms with Gasteiger partial charge in [-0.05, 0) is 30.9 Å². The molecule has 0 aromatic heterocycles. The van der Waals surface area contributed by atoms with E-state index in [4.69, 9.17) is 4.74 Å². The van der Waals surface area contributed by atoms with Crippen molar-refractivity contribution in [2.45, 2.75) is 19.8 Å². The van der Waals surface area contributed by atoms with Gasteiger partial charge in [0.25, 0.3) is 5.91 Å². The van der Waals surface area contributed by atoms with Crippen molar-refractivity contribution in [1.82, 2.24) is 10.2 Å². The second-order valence-corrected chi connectivity index (χ2v) is 5.62. The zero-order valence-corrected chi connectivity index (χ0v) is 13.3. The van der Waals surface area contributed by atoms with Crippen LogP contribution in [0.15, 0.2) is 24.3 Å². The van der Waals surface area contributed by atoms with Crippen LogP contribution in [0.4, 0.5) is 0 Å². The summed E-state index contributed by atoms with van der Waals surface area (Å²) in [4.78, 5) is 25.9. The Bertz CT molecular complexity index is 530. The van der Waals surface area contributed by atoms with Gasteiger partial charge >= 0.3 is 0 Å². The summed E-state index contributed by atoms with van der Waals surface area (Å²) in [5.41, 5.74) is 1.73. The summed E-state index contributed by atoms with van der Waals surface area (Å²) in [5, 5.41) is 2.84. The number of amides is 2. The van der Waals surface area contributed by atoms with Crippen molar-refractivity contribution in [3.05, 3.63) is 35.4 Å². The second-order valence-electron chi connectivity index (χ2n) is 5.62. The van der Waals surface area contributed by atoms with Crippen molar-refractivity contribution < 1.29 is 14.3 Å². The maximum atomic E-state index is 12.1. The zero-order chi connectivity index (χ0) is 15.9. The van der Waals surface area contributed by atoms with Gasteiger partial charge in [-0.25, -0.2) is 0 Å². The minimum absolute atomic E-state index is 0.0429. The molecule has 1 aromatic rings. The van der Waals surface area contributed by atoms with Crippen molar-refractivity contribution in [1.29, 1.82) is 0 Å². The molecule has 0 saturated carbocycles. The molecule has 2 amide bonds. The Balaban J connectivity index is 2.02. The first-order valence-electron chi connectivity index (χ1n) is 7.78. The third-order valence-corrected chi connectivity index (χ3v) is 3.97. The number of likely N-dealkylation sites (tertiary alicyclic amines) is 1. The van der Waals surface area contributed by atoms with Crippen LogP contribution in [-0.2, 0) is 16.0 Å². The van der Waals surface area contributed by atoms with Gasteiger partial charge < -0.3 is 15.0 Å². The molecule has 1 aliphatic heterocycles. The summed E-state index contributed by atoms with van der Waals surface area (Å²) in [5.74, 6) is 0.399. The van der Waals surface area contributed by atoms with Crippen LogP contribution in [-0.4, -0.2) is 50.1 Å². The van der Waals surface area contributed by atoms with E-state index in [1.54, 1.807) is 7.11 Å². The smallest absolute Gasteiger partial charge is 0.251 e. The SMILES string of the molecule is CCNC(=O)c1ccccc1C[C@H]1CC(=O)N(CCOC)C1. The van der Waals surface area contributed by atoms with Crippen LogP contribution in [0.1, 0.15) is 29.3 Å². The first-order chi connectivity index (χ1) is 10.7. The molecule has 1 N–H and O–H groups in total. The van der Waals surface area contributed by atoms with Crippen molar-refractivity contribution in [3.8, 4) is 0 Å². The zero-order valence-electron chi connectivity index (χ0n) is 13.3. The molecule has 120 valence electrons. The van der Waals surface area contributed by atoms with Crippen LogP contribution in [0.5, 0.6) is 0 Å². The standard InChI is InChI=1S/C17H24N2O3/c1-3-18-17(21)15-7-5-4-6-14(15)10-13-11-16(20)19(12-13)8-9-22-2/h4-7,13H,3,8-12H2,1-2H3,(H,18,21)/t13-/m0/s1. The highest BCUT2D eigenvalue weighted by Gasteiger charge is 2.29. The number of hydrogen-bond acceptors (Lipinski definition) is 3. The van der Waals surface area contributed by atoms with Crippen molar-refractivity contribution in [2.24, 2.45) is 5.92 Å². The molecule has 2 rings (SSSR count). The summed E-state index contributed by atoms with van der Waals surface area (Å²) in [6, 6.07) is 7.64. The maximum absolute atomic E-state index is 12.1. The Hall–Kier alpha value is -1.88. The van der Waals surface area contributed by atoms with Crippen LogP contribution in [0.25, 0.3) is 0 Å². The van der Waals surface area contributed by atoms with Gasteiger partial charge in [-0.15, -0.1) is 0 Å². The molecule has 0 radical (unpaired) electrons. The fourth-order valence-electron chi connectivity index (χ4n) is 2.89. The third kappa shape index (κ3) is 4.07. The minimum atomic E-state index is -0.0429. The fraction of sp³-hybridized carbons (Fsp3) is 0.529. The van der Waals surface area contributed by atoms with Gasteiger partial charge in [0.1, 0.15) is 0 Å². The van der Waals surface area contributed by atoms with Crippen LogP contribution in [0.2, 0.25) is 0 Å². The number of benzene rings is 1. The molecule has 1 fully saturated rings. The molecule has 0 spiro atoms. The number of carbonyl (C=O) groups is 2. The molecule has 0 unspecified atom stereocenters. The Labute approximate surface area is 131 Å². The maximum Gasteiger partial charge on any atom is 0.251 e. The molecule has 1 aromatic carbocycles. The molecule has 22 heavy (non-hydrogen) atoms. The average Bonchev–Trinajstić information content (AvgIpc) is 2.85. The molecule has 5 heteroatoms. The molecule has 0 bridgehead atoms. The van der Waals surface area contributed by atoms with E-state index in [1.165, 1.54) is 0 Å². The summed E-state index contributed by atoms with van der Waals surface area (Å²) < 4.78 is 5.04. The Kier molecular flexibility index (Phi) is 5.95. The van der Waals surface area contributed by atoms with E-state index in [9.17, 15) is 9.59 Å². The lowest BCUT2D eigenvalue weighted by Gasteiger charge is -2.16. The van der Waals surface area contributed by atoms with Gasteiger partial charge in [-0.1, -0.05) is 18.2 Å². The molecule has 1 saturated heterocycles. The lowest BCUT2D eigenvalue weighted by molar-refractivity contribution is -0.128. The van der Waals surface area contributed by atoms with E-state index in [0.29, 0.717) is 31.7 Å². The molecular weight excluding hydrogens is 280 g/mol. The molecule has 5 nitrogen and oxygen atoms in total. The van der Waals surface area contributed by atoms with Gasteiger partial charge in [0, 0.05) is 38.7 Å². The highest BCUT2D eigenvalue weighted by Crippen LogP contribution is 2.23. The molecule has 1 atom stereocenters. The lowest BCUT2D eigenvalue weighted by Crippen LogP contribution is -2.29. The predicted octanol–water partition coefficient (Wildman–Crippen LogP) is 1.47.